The zero-order chi connectivity index (χ0) is 15.6. The predicted octanol–water partition coefficient (Wildman–Crippen LogP) is 2.31. The van der Waals surface area contributed by atoms with Gasteiger partial charge in [0.25, 0.3) is 0 Å². The van der Waals surface area contributed by atoms with Crippen LogP contribution in [0, 0.1) is 0 Å². The number of hydrogen-bond acceptors (Lipinski definition) is 5. The molecule has 0 spiro atoms. The minimum absolute atomic E-state index is 0.323. The lowest BCUT2D eigenvalue weighted by Crippen LogP contribution is -2.35. The third-order valence-corrected chi connectivity index (χ3v) is 2.98. The number of carbonyl (C=O) groups is 1. The molecule has 1 aliphatic rings. The van der Waals surface area contributed by atoms with Gasteiger partial charge in [0.05, 0.1) is 25.0 Å². The van der Waals surface area contributed by atoms with Crippen LogP contribution in [-0.4, -0.2) is 41.8 Å². The van der Waals surface area contributed by atoms with Crippen LogP contribution in [0.3, 0.4) is 0 Å². The minimum atomic E-state index is -0.498. The van der Waals surface area contributed by atoms with Gasteiger partial charge >= 0.3 is 6.09 Å². The molecular formula is C15H21N3O3. The Kier molecular flexibility index (Phi) is 4.06. The standard InChI is InChI=1S/C15H21N3O3/c1-15(2,3)21-14(19)18-8-7-10(9-18)12-6-5-11(16)13(17-12)20-4/h5-7H,8-9,16H2,1-4H3. The molecule has 0 saturated carbocycles. The number of anilines is 1. The summed E-state index contributed by atoms with van der Waals surface area (Å²) in [5.41, 5.74) is 7.46. The topological polar surface area (TPSA) is 77.7 Å². The maximum absolute atomic E-state index is 12.0. The van der Waals surface area contributed by atoms with Crippen LogP contribution >= 0.6 is 0 Å². The molecule has 2 heterocycles. The summed E-state index contributed by atoms with van der Waals surface area (Å²) in [5.74, 6) is 0.393. The van der Waals surface area contributed by atoms with E-state index in [1.54, 1.807) is 11.0 Å². The van der Waals surface area contributed by atoms with Gasteiger partial charge in [-0.3, -0.25) is 0 Å². The number of methoxy groups -OCH3 is 1. The first-order valence-electron chi connectivity index (χ1n) is 6.78. The summed E-state index contributed by atoms with van der Waals surface area (Å²) in [6, 6.07) is 3.57. The summed E-state index contributed by atoms with van der Waals surface area (Å²) in [6.07, 6.45) is 1.64. The van der Waals surface area contributed by atoms with E-state index in [0.29, 0.717) is 24.7 Å². The van der Waals surface area contributed by atoms with E-state index in [-0.39, 0.29) is 6.09 Å². The molecule has 0 aliphatic carbocycles. The van der Waals surface area contributed by atoms with Crippen molar-refractivity contribution < 1.29 is 14.3 Å². The van der Waals surface area contributed by atoms with Gasteiger partial charge in [-0.05, 0) is 38.5 Å². The number of nitrogens with zero attached hydrogens (tertiary/aromatic N) is 2. The molecule has 1 amide bonds. The van der Waals surface area contributed by atoms with E-state index >= 15 is 0 Å². The van der Waals surface area contributed by atoms with Gasteiger partial charge in [0.15, 0.2) is 0 Å². The summed E-state index contributed by atoms with van der Waals surface area (Å²) in [7, 11) is 1.53. The number of carbonyl (C=O) groups excluding carboxylic acids is 1. The molecule has 0 aromatic carbocycles. The third kappa shape index (κ3) is 3.65. The summed E-state index contributed by atoms with van der Waals surface area (Å²) in [6.45, 7) is 6.53. The Morgan fingerprint density at radius 2 is 2.10 bits per heavy atom. The van der Waals surface area contributed by atoms with E-state index in [4.69, 9.17) is 15.2 Å². The van der Waals surface area contributed by atoms with E-state index < -0.39 is 5.60 Å². The number of ether oxygens (including phenoxy) is 2. The lowest BCUT2D eigenvalue weighted by molar-refractivity contribution is 0.0306. The molecule has 0 saturated heterocycles. The maximum atomic E-state index is 12.0. The fraction of sp³-hybridized carbons (Fsp3) is 0.467. The largest absolute Gasteiger partial charge is 0.480 e. The number of nitrogen functional groups attached to an aromatic ring is 1. The molecule has 6 nitrogen and oxygen atoms in total. The van der Waals surface area contributed by atoms with Crippen LogP contribution in [0.2, 0.25) is 0 Å². The van der Waals surface area contributed by atoms with Crippen LogP contribution < -0.4 is 10.5 Å². The molecule has 2 N–H and O–H groups in total. The van der Waals surface area contributed by atoms with Crippen molar-refractivity contribution in [2.45, 2.75) is 26.4 Å². The molecular weight excluding hydrogens is 270 g/mol. The monoisotopic (exact) mass is 291 g/mol. The van der Waals surface area contributed by atoms with Gasteiger partial charge < -0.3 is 20.1 Å². The molecule has 0 atom stereocenters. The highest BCUT2D eigenvalue weighted by Crippen LogP contribution is 2.25. The van der Waals surface area contributed by atoms with Crippen molar-refractivity contribution in [1.82, 2.24) is 9.88 Å². The number of hydrogen-bond donors (Lipinski definition) is 1. The smallest absolute Gasteiger partial charge is 0.410 e. The molecule has 1 aromatic heterocycles. The molecule has 0 fully saturated rings. The average Bonchev–Trinajstić information content (AvgIpc) is 2.87. The second-order valence-electron chi connectivity index (χ2n) is 5.89. The molecule has 1 aliphatic heterocycles. The second kappa shape index (κ2) is 5.63. The van der Waals surface area contributed by atoms with Crippen molar-refractivity contribution >= 4 is 17.4 Å². The molecule has 0 radical (unpaired) electrons. The van der Waals surface area contributed by atoms with Crippen molar-refractivity contribution in [2.24, 2.45) is 0 Å². The first kappa shape index (κ1) is 15.2. The summed E-state index contributed by atoms with van der Waals surface area (Å²) in [5, 5.41) is 0. The molecule has 6 heteroatoms. The third-order valence-electron chi connectivity index (χ3n) is 2.98. The van der Waals surface area contributed by atoms with Crippen molar-refractivity contribution in [2.75, 3.05) is 25.9 Å². The highest BCUT2D eigenvalue weighted by molar-refractivity contribution is 5.77. The number of aromatic nitrogens is 1. The van der Waals surface area contributed by atoms with Crippen LogP contribution in [0.5, 0.6) is 5.88 Å². The van der Waals surface area contributed by atoms with Crippen molar-refractivity contribution in [1.29, 1.82) is 0 Å². The minimum Gasteiger partial charge on any atom is -0.480 e. The molecule has 1 aromatic rings. The van der Waals surface area contributed by atoms with Gasteiger partial charge in [0.1, 0.15) is 5.60 Å². The second-order valence-corrected chi connectivity index (χ2v) is 5.89. The van der Waals surface area contributed by atoms with Crippen molar-refractivity contribution in [3.63, 3.8) is 0 Å². The van der Waals surface area contributed by atoms with E-state index in [1.165, 1.54) is 7.11 Å². The Balaban J connectivity index is 2.07. The molecule has 0 bridgehead atoms. The molecule has 21 heavy (non-hydrogen) atoms. The van der Waals surface area contributed by atoms with E-state index in [2.05, 4.69) is 4.98 Å². The SMILES string of the molecule is COc1nc(C2=CCN(C(=O)OC(C)(C)C)C2)ccc1N. The number of pyridine rings is 1. The van der Waals surface area contributed by atoms with Crippen LogP contribution in [0.4, 0.5) is 10.5 Å². The van der Waals surface area contributed by atoms with Crippen LogP contribution in [-0.2, 0) is 4.74 Å². The van der Waals surface area contributed by atoms with Crippen molar-refractivity contribution in [3.8, 4) is 5.88 Å². The Morgan fingerprint density at radius 1 is 1.38 bits per heavy atom. The Hall–Kier alpha value is -2.24. The summed E-state index contributed by atoms with van der Waals surface area (Å²) < 4.78 is 10.5. The number of rotatable bonds is 2. The van der Waals surface area contributed by atoms with Gasteiger partial charge in [-0.2, -0.15) is 0 Å². The number of nitrogens with two attached hydrogens (primary N) is 1. The highest BCUT2D eigenvalue weighted by Gasteiger charge is 2.26. The maximum Gasteiger partial charge on any atom is 0.410 e. The first-order chi connectivity index (χ1) is 9.80. The quantitative estimate of drug-likeness (QED) is 0.904. The summed E-state index contributed by atoms with van der Waals surface area (Å²) >= 11 is 0. The molecule has 114 valence electrons. The van der Waals surface area contributed by atoms with Gasteiger partial charge in [0, 0.05) is 6.54 Å². The lowest BCUT2D eigenvalue weighted by atomic mass is 10.2. The van der Waals surface area contributed by atoms with Gasteiger partial charge in [-0.25, -0.2) is 9.78 Å². The fourth-order valence-corrected chi connectivity index (χ4v) is 2.00. The normalized spacial score (nSPS) is 14.9. The first-order valence-corrected chi connectivity index (χ1v) is 6.78. The number of amides is 1. The lowest BCUT2D eigenvalue weighted by Gasteiger charge is -2.24. The van der Waals surface area contributed by atoms with Gasteiger partial charge in [0.2, 0.25) is 5.88 Å². The fourth-order valence-electron chi connectivity index (χ4n) is 2.00. The van der Waals surface area contributed by atoms with Gasteiger partial charge in [-0.15, -0.1) is 0 Å². The summed E-state index contributed by atoms with van der Waals surface area (Å²) in [4.78, 5) is 18.0. The van der Waals surface area contributed by atoms with E-state index in [1.807, 2.05) is 32.9 Å². The van der Waals surface area contributed by atoms with E-state index in [0.717, 1.165) is 11.3 Å². The van der Waals surface area contributed by atoms with Crippen LogP contribution in [0.1, 0.15) is 26.5 Å². The zero-order valence-electron chi connectivity index (χ0n) is 12.8. The Labute approximate surface area is 124 Å². The molecule has 0 unspecified atom stereocenters. The molecule has 2 rings (SSSR count). The van der Waals surface area contributed by atoms with Crippen LogP contribution in [0.15, 0.2) is 18.2 Å². The van der Waals surface area contributed by atoms with Crippen LogP contribution in [0.25, 0.3) is 5.57 Å². The highest BCUT2D eigenvalue weighted by atomic mass is 16.6. The Morgan fingerprint density at radius 3 is 2.71 bits per heavy atom. The average molecular weight is 291 g/mol. The Bertz CT molecular complexity index is 576. The van der Waals surface area contributed by atoms with Crippen molar-refractivity contribution in [3.05, 3.63) is 23.9 Å². The zero-order valence-corrected chi connectivity index (χ0v) is 12.8. The van der Waals surface area contributed by atoms with Gasteiger partial charge in [-0.1, -0.05) is 6.08 Å². The van der Waals surface area contributed by atoms with E-state index in [9.17, 15) is 4.79 Å². The predicted molar refractivity (Wildman–Crippen MR) is 81.0 cm³/mol.